The van der Waals surface area contributed by atoms with Gasteiger partial charge in [0.25, 0.3) is 0 Å². The van der Waals surface area contributed by atoms with Crippen molar-refractivity contribution < 1.29 is 4.79 Å². The lowest BCUT2D eigenvalue weighted by molar-refractivity contribution is -0.145. The summed E-state index contributed by atoms with van der Waals surface area (Å²) in [5.74, 6) is 0.669. The van der Waals surface area contributed by atoms with E-state index in [9.17, 15) is 4.79 Å². The highest BCUT2D eigenvalue weighted by Crippen LogP contribution is 2.51. The quantitative estimate of drug-likeness (QED) is 0.447. The zero-order valence-electron chi connectivity index (χ0n) is 18.9. The van der Waals surface area contributed by atoms with E-state index < -0.39 is 0 Å². The van der Waals surface area contributed by atoms with Gasteiger partial charge in [-0.25, -0.2) is 0 Å². The maximum Gasteiger partial charge on any atom is 0.141 e. The van der Waals surface area contributed by atoms with E-state index in [-0.39, 0.29) is 33.5 Å². The maximum atomic E-state index is 14.0. The van der Waals surface area contributed by atoms with Crippen molar-refractivity contribution in [2.75, 3.05) is 0 Å². The van der Waals surface area contributed by atoms with Gasteiger partial charge in [0.2, 0.25) is 0 Å². The first-order valence-electron chi connectivity index (χ1n) is 10.1. The van der Waals surface area contributed by atoms with Crippen molar-refractivity contribution in [3.63, 3.8) is 0 Å². The highest BCUT2D eigenvalue weighted by Gasteiger charge is 2.51. The molecule has 0 heterocycles. The third-order valence-corrected chi connectivity index (χ3v) is 5.65. The van der Waals surface area contributed by atoms with Gasteiger partial charge in [-0.15, -0.1) is 0 Å². The van der Waals surface area contributed by atoms with Gasteiger partial charge in [-0.1, -0.05) is 95.9 Å². The summed E-state index contributed by atoms with van der Waals surface area (Å²) < 4.78 is 0. The topological polar surface area (TPSA) is 17.1 Å². The molecule has 144 valence electrons. The Morgan fingerprint density at radius 2 is 0.875 bits per heavy atom. The Bertz CT molecular complexity index is 363. The van der Waals surface area contributed by atoms with Crippen LogP contribution < -0.4 is 0 Å². The lowest BCUT2D eigenvalue weighted by atomic mass is 9.54. The molecule has 0 saturated heterocycles. The molecule has 0 aromatic heterocycles. The molecule has 0 aromatic carbocycles. The highest BCUT2D eigenvalue weighted by atomic mass is 16.1. The maximum absolute atomic E-state index is 14.0. The van der Waals surface area contributed by atoms with Crippen LogP contribution in [0.4, 0.5) is 0 Å². The van der Waals surface area contributed by atoms with E-state index in [1.807, 2.05) is 0 Å². The Labute approximate surface area is 153 Å². The molecular formula is C23H46O. The van der Waals surface area contributed by atoms with E-state index in [2.05, 4.69) is 83.1 Å². The summed E-state index contributed by atoms with van der Waals surface area (Å²) in [5.41, 5.74) is 0.0504. The molecule has 0 aromatic rings. The summed E-state index contributed by atoms with van der Waals surface area (Å²) in [6.07, 6.45) is 4.47. The fourth-order valence-corrected chi connectivity index (χ4v) is 5.71. The smallest absolute Gasteiger partial charge is 0.141 e. The lowest BCUT2D eigenvalue weighted by Gasteiger charge is -2.49. The van der Waals surface area contributed by atoms with Crippen molar-refractivity contribution in [1.82, 2.24) is 0 Å². The van der Waals surface area contributed by atoms with Crippen LogP contribution in [-0.2, 0) is 4.79 Å². The molecule has 1 heteroatoms. The van der Waals surface area contributed by atoms with Gasteiger partial charge in [0.15, 0.2) is 0 Å². The standard InChI is InChI=1S/C23H46O/c1-13-15-22(9,10)18(20(3,4)5)17(24)19(21(6,7)8)23(11,12)16-14-2/h18-19H,13-16H2,1-12H3. The van der Waals surface area contributed by atoms with E-state index >= 15 is 0 Å². The number of carbonyl (C=O) groups is 1. The minimum Gasteiger partial charge on any atom is -0.299 e. The van der Waals surface area contributed by atoms with Crippen LogP contribution in [0.2, 0.25) is 0 Å². The van der Waals surface area contributed by atoms with Gasteiger partial charge in [0.05, 0.1) is 0 Å². The number of ketones is 1. The molecular weight excluding hydrogens is 292 g/mol. The van der Waals surface area contributed by atoms with Gasteiger partial charge in [-0.3, -0.25) is 4.79 Å². The summed E-state index contributed by atoms with van der Waals surface area (Å²) in [6.45, 7) is 27.2. The molecule has 1 nitrogen and oxygen atoms in total. The molecule has 0 radical (unpaired) electrons. The number of hydrogen-bond donors (Lipinski definition) is 0. The average molecular weight is 339 g/mol. The van der Waals surface area contributed by atoms with Gasteiger partial charge in [-0.05, 0) is 34.5 Å². The van der Waals surface area contributed by atoms with Gasteiger partial charge in [0.1, 0.15) is 5.78 Å². The van der Waals surface area contributed by atoms with E-state index in [1.165, 1.54) is 0 Å². The minimum atomic E-state index is -0.0124. The fourth-order valence-electron chi connectivity index (χ4n) is 5.71. The Morgan fingerprint density at radius 1 is 0.625 bits per heavy atom. The van der Waals surface area contributed by atoms with Gasteiger partial charge < -0.3 is 0 Å². The number of rotatable bonds is 8. The van der Waals surface area contributed by atoms with Crippen LogP contribution in [0.15, 0.2) is 0 Å². The number of Topliss-reactive ketones (excluding diaryl/α,β-unsaturated/α-hetero) is 1. The van der Waals surface area contributed by atoms with Crippen LogP contribution in [0.5, 0.6) is 0 Å². The van der Waals surface area contributed by atoms with Gasteiger partial charge in [-0.2, -0.15) is 0 Å². The lowest BCUT2D eigenvalue weighted by Crippen LogP contribution is -2.50. The molecule has 0 aliphatic rings. The van der Waals surface area contributed by atoms with Crippen LogP contribution in [0.1, 0.15) is 109 Å². The second-order valence-electron chi connectivity index (χ2n) is 11.5. The summed E-state index contributed by atoms with van der Waals surface area (Å²) in [6, 6.07) is 0. The van der Waals surface area contributed by atoms with Crippen LogP contribution in [0.3, 0.4) is 0 Å². The molecule has 0 fully saturated rings. The van der Waals surface area contributed by atoms with Crippen molar-refractivity contribution in [3.05, 3.63) is 0 Å². The zero-order valence-corrected chi connectivity index (χ0v) is 18.9. The SMILES string of the molecule is CCCC(C)(C)C(C(=O)C(C(C)(C)C)C(C)(C)CCC)C(C)(C)C. The van der Waals surface area contributed by atoms with Crippen molar-refractivity contribution in [3.8, 4) is 0 Å². The molecule has 0 aliphatic heterocycles. The molecule has 2 atom stereocenters. The molecule has 0 bridgehead atoms. The first kappa shape index (κ1) is 23.7. The number of carbonyl (C=O) groups excluding carboxylic acids is 1. The summed E-state index contributed by atoms with van der Waals surface area (Å²) >= 11 is 0. The van der Waals surface area contributed by atoms with Gasteiger partial charge >= 0.3 is 0 Å². The zero-order chi connectivity index (χ0) is 19.6. The first-order valence-corrected chi connectivity index (χ1v) is 10.1. The van der Waals surface area contributed by atoms with Crippen molar-refractivity contribution in [2.24, 2.45) is 33.5 Å². The Hall–Kier alpha value is -0.330. The normalized spacial score (nSPS) is 16.8. The molecule has 0 N–H and O–H groups in total. The van der Waals surface area contributed by atoms with Gasteiger partial charge in [0, 0.05) is 11.8 Å². The van der Waals surface area contributed by atoms with Crippen molar-refractivity contribution in [2.45, 2.75) is 109 Å². The van der Waals surface area contributed by atoms with E-state index in [0.717, 1.165) is 25.7 Å². The summed E-state index contributed by atoms with van der Waals surface area (Å²) in [4.78, 5) is 14.0. The second-order valence-corrected chi connectivity index (χ2v) is 11.5. The Kier molecular flexibility index (Phi) is 7.81. The van der Waals surface area contributed by atoms with E-state index in [4.69, 9.17) is 0 Å². The minimum absolute atomic E-state index is 0.0124. The first-order chi connectivity index (χ1) is 10.5. The molecule has 0 aliphatic carbocycles. The third-order valence-electron chi connectivity index (χ3n) is 5.65. The third kappa shape index (κ3) is 5.88. The average Bonchev–Trinajstić information content (AvgIpc) is 2.22. The van der Waals surface area contributed by atoms with Crippen LogP contribution in [0.25, 0.3) is 0 Å². The van der Waals surface area contributed by atoms with Crippen molar-refractivity contribution >= 4 is 5.78 Å². The van der Waals surface area contributed by atoms with E-state index in [0.29, 0.717) is 5.78 Å². The Morgan fingerprint density at radius 3 is 1.04 bits per heavy atom. The monoisotopic (exact) mass is 338 g/mol. The van der Waals surface area contributed by atoms with Crippen molar-refractivity contribution in [1.29, 1.82) is 0 Å². The molecule has 0 rings (SSSR count). The highest BCUT2D eigenvalue weighted by molar-refractivity contribution is 5.86. The number of hydrogen-bond acceptors (Lipinski definition) is 1. The largest absolute Gasteiger partial charge is 0.299 e. The second kappa shape index (κ2) is 7.92. The predicted molar refractivity (Wildman–Crippen MR) is 108 cm³/mol. The fraction of sp³-hybridized carbons (Fsp3) is 0.957. The molecule has 24 heavy (non-hydrogen) atoms. The van der Waals surface area contributed by atoms with Crippen LogP contribution in [0, 0.1) is 33.5 Å². The molecule has 2 unspecified atom stereocenters. The molecule has 0 spiro atoms. The van der Waals surface area contributed by atoms with E-state index in [1.54, 1.807) is 0 Å². The van der Waals surface area contributed by atoms with Crippen LogP contribution in [-0.4, -0.2) is 5.78 Å². The van der Waals surface area contributed by atoms with Crippen LogP contribution >= 0.6 is 0 Å². The Balaban J connectivity index is 6.14. The summed E-state index contributed by atoms with van der Waals surface area (Å²) in [5, 5.41) is 0. The summed E-state index contributed by atoms with van der Waals surface area (Å²) in [7, 11) is 0. The molecule has 0 amide bonds. The molecule has 0 saturated carbocycles. The predicted octanol–water partition coefficient (Wildman–Crippen LogP) is 7.53.